The first kappa shape index (κ1) is 27.1. The summed E-state index contributed by atoms with van der Waals surface area (Å²) in [6.07, 6.45) is 0.142. The molecule has 1 aromatic heterocycles. The van der Waals surface area contributed by atoms with Crippen molar-refractivity contribution in [2.24, 2.45) is 5.41 Å². The van der Waals surface area contributed by atoms with Gasteiger partial charge in [-0.2, -0.15) is 0 Å². The average molecular weight is 563 g/mol. The molecule has 1 saturated heterocycles. The van der Waals surface area contributed by atoms with Gasteiger partial charge in [-0.1, -0.05) is 53.4 Å². The maximum Gasteiger partial charge on any atom is 0.358 e. The van der Waals surface area contributed by atoms with E-state index < -0.39 is 41.5 Å². The second kappa shape index (κ2) is 11.2. The molecule has 0 spiro atoms. The molecule has 3 heterocycles. The third-order valence-electron chi connectivity index (χ3n) is 5.36. The van der Waals surface area contributed by atoms with Gasteiger partial charge in [-0.3, -0.25) is 19.3 Å². The zero-order valence-corrected chi connectivity index (χ0v) is 23.1. The highest BCUT2D eigenvalue weighted by atomic mass is 32.2. The van der Waals surface area contributed by atoms with Crippen LogP contribution in [0.3, 0.4) is 0 Å². The third-order valence-corrected chi connectivity index (χ3v) is 8.80. The lowest BCUT2D eigenvalue weighted by atomic mass is 9.98. The Balaban J connectivity index is 1.48. The van der Waals surface area contributed by atoms with E-state index in [0.29, 0.717) is 15.0 Å². The van der Waals surface area contributed by atoms with Gasteiger partial charge in [0.1, 0.15) is 22.1 Å². The first-order chi connectivity index (χ1) is 17.5. The summed E-state index contributed by atoms with van der Waals surface area (Å²) in [6, 6.07) is 8.46. The van der Waals surface area contributed by atoms with Crippen molar-refractivity contribution < 1.29 is 28.7 Å². The van der Waals surface area contributed by atoms with Gasteiger partial charge in [-0.25, -0.2) is 4.79 Å². The Bertz CT molecular complexity index is 1240. The van der Waals surface area contributed by atoms with E-state index >= 15 is 0 Å². The van der Waals surface area contributed by atoms with Gasteiger partial charge in [0.05, 0.1) is 11.8 Å². The zero-order valence-electron chi connectivity index (χ0n) is 20.7. The molecular weight excluding hydrogens is 536 g/mol. The van der Waals surface area contributed by atoms with E-state index in [1.54, 1.807) is 20.8 Å². The number of benzene rings is 1. The fraction of sp³-hybridized carbons (Fsp3) is 0.417. The van der Waals surface area contributed by atoms with Crippen LogP contribution in [0.1, 0.15) is 31.3 Å². The van der Waals surface area contributed by atoms with Crippen LogP contribution in [0.15, 0.2) is 45.3 Å². The monoisotopic (exact) mass is 562 g/mol. The summed E-state index contributed by atoms with van der Waals surface area (Å²) in [4.78, 5) is 52.8. The van der Waals surface area contributed by atoms with Crippen molar-refractivity contribution in [1.29, 1.82) is 0 Å². The highest BCUT2D eigenvalue weighted by molar-refractivity contribution is 8.07. The van der Waals surface area contributed by atoms with Crippen molar-refractivity contribution in [3.05, 3.63) is 51.5 Å². The van der Waals surface area contributed by atoms with E-state index in [-0.39, 0.29) is 18.0 Å². The van der Waals surface area contributed by atoms with E-state index in [1.807, 2.05) is 37.3 Å². The van der Waals surface area contributed by atoms with Crippen molar-refractivity contribution in [2.45, 2.75) is 49.9 Å². The standard InChI is InChI=1S/C24H26N4O6S3/c1-13-26-27-23(36-13)37-15-11-35-20-17(25-16(29)10-14-8-6-5-7-9-14)19(30)28(20)18(15)21(31)33-12-34-22(32)24(2,3)4/h5-9,17,20H,10-12H2,1-4H3,(H,25,29)/t17-,20+/m1/s1. The van der Waals surface area contributed by atoms with E-state index in [4.69, 9.17) is 9.47 Å². The molecule has 1 N–H and O–H groups in total. The lowest BCUT2D eigenvalue weighted by Gasteiger charge is -2.49. The second-order valence-corrected chi connectivity index (χ2v) is 12.9. The van der Waals surface area contributed by atoms with Crippen molar-refractivity contribution in [2.75, 3.05) is 12.5 Å². The molecule has 0 aliphatic carbocycles. The van der Waals surface area contributed by atoms with Crippen LogP contribution in [-0.4, -0.2) is 62.8 Å². The molecule has 13 heteroatoms. The lowest BCUT2D eigenvalue weighted by Crippen LogP contribution is -2.70. The number of hydrogen-bond acceptors (Lipinski definition) is 11. The Morgan fingerprint density at radius 3 is 2.54 bits per heavy atom. The smallest absolute Gasteiger partial charge is 0.358 e. The van der Waals surface area contributed by atoms with Gasteiger partial charge in [-0.15, -0.1) is 22.0 Å². The number of nitrogens with zero attached hydrogens (tertiary/aromatic N) is 3. The maximum absolute atomic E-state index is 13.2. The largest absolute Gasteiger partial charge is 0.427 e. The van der Waals surface area contributed by atoms with Gasteiger partial charge < -0.3 is 14.8 Å². The third kappa shape index (κ3) is 6.33. The molecule has 10 nitrogen and oxygen atoms in total. The summed E-state index contributed by atoms with van der Waals surface area (Å²) < 4.78 is 10.9. The van der Waals surface area contributed by atoms with Gasteiger partial charge in [0.25, 0.3) is 5.91 Å². The van der Waals surface area contributed by atoms with Crippen molar-refractivity contribution >= 4 is 58.6 Å². The average Bonchev–Trinajstić information content (AvgIpc) is 3.26. The molecular formula is C24H26N4O6S3. The van der Waals surface area contributed by atoms with Gasteiger partial charge in [0.15, 0.2) is 4.34 Å². The Hall–Kier alpha value is -2.90. The van der Waals surface area contributed by atoms with Crippen LogP contribution in [0.25, 0.3) is 0 Å². The molecule has 196 valence electrons. The maximum atomic E-state index is 13.2. The summed E-state index contributed by atoms with van der Waals surface area (Å²) in [7, 11) is 0. The molecule has 1 aromatic carbocycles. The molecule has 0 saturated carbocycles. The molecule has 1 fully saturated rings. The first-order valence-corrected chi connectivity index (χ1v) is 14.1. The second-order valence-electron chi connectivity index (χ2n) is 9.31. The number of aryl methyl sites for hydroxylation is 1. The molecule has 2 amide bonds. The number of hydrogen-bond donors (Lipinski definition) is 1. The molecule has 4 rings (SSSR count). The number of amides is 2. The number of nitrogens with one attached hydrogen (secondary N) is 1. The highest BCUT2D eigenvalue weighted by Gasteiger charge is 2.54. The van der Waals surface area contributed by atoms with Crippen LogP contribution in [-0.2, 0) is 35.1 Å². The molecule has 2 aromatic rings. The minimum atomic E-state index is -0.793. The fourth-order valence-electron chi connectivity index (χ4n) is 3.51. The van der Waals surface area contributed by atoms with Crippen LogP contribution < -0.4 is 5.32 Å². The molecule has 0 bridgehead atoms. The minimum absolute atomic E-state index is 0.0620. The predicted octanol–water partition coefficient (Wildman–Crippen LogP) is 2.88. The molecule has 2 aliphatic rings. The number of thioether (sulfide) groups is 2. The number of ether oxygens (including phenoxy) is 2. The van der Waals surface area contributed by atoms with Crippen LogP contribution in [0.2, 0.25) is 0 Å². The molecule has 0 radical (unpaired) electrons. The summed E-state index contributed by atoms with van der Waals surface area (Å²) in [5, 5.41) is 11.2. The van der Waals surface area contributed by atoms with Gasteiger partial charge in [0, 0.05) is 10.7 Å². The Labute approximate surface area is 226 Å². The number of fused-ring (bicyclic) bond motifs is 1. The minimum Gasteiger partial charge on any atom is -0.427 e. The normalized spacial score (nSPS) is 19.1. The Morgan fingerprint density at radius 2 is 1.89 bits per heavy atom. The van der Waals surface area contributed by atoms with Crippen LogP contribution in [0.5, 0.6) is 0 Å². The fourth-order valence-corrected chi connectivity index (χ4v) is 6.96. The van der Waals surface area contributed by atoms with E-state index in [0.717, 1.165) is 10.6 Å². The summed E-state index contributed by atoms with van der Waals surface area (Å²) in [5.74, 6) is -1.61. The Kier molecular flexibility index (Phi) is 8.24. The van der Waals surface area contributed by atoms with E-state index in [9.17, 15) is 19.2 Å². The summed E-state index contributed by atoms with van der Waals surface area (Å²) >= 11 is 4.04. The van der Waals surface area contributed by atoms with Gasteiger partial charge >= 0.3 is 11.9 Å². The molecule has 2 aliphatic heterocycles. The highest BCUT2D eigenvalue weighted by Crippen LogP contribution is 2.45. The van der Waals surface area contributed by atoms with E-state index in [1.165, 1.54) is 39.8 Å². The van der Waals surface area contributed by atoms with Crippen molar-refractivity contribution in [3.8, 4) is 0 Å². The van der Waals surface area contributed by atoms with E-state index in [2.05, 4.69) is 15.5 Å². The van der Waals surface area contributed by atoms with Crippen LogP contribution >= 0.6 is 34.9 Å². The quantitative estimate of drug-likeness (QED) is 0.291. The zero-order chi connectivity index (χ0) is 26.7. The first-order valence-electron chi connectivity index (χ1n) is 11.4. The number of carbonyl (C=O) groups excluding carboxylic acids is 4. The Morgan fingerprint density at radius 1 is 1.16 bits per heavy atom. The molecule has 2 atom stereocenters. The van der Waals surface area contributed by atoms with Gasteiger partial charge in [-0.05, 0) is 33.3 Å². The van der Waals surface area contributed by atoms with Crippen LogP contribution in [0.4, 0.5) is 0 Å². The van der Waals surface area contributed by atoms with Gasteiger partial charge in [0.2, 0.25) is 12.7 Å². The predicted molar refractivity (Wildman–Crippen MR) is 139 cm³/mol. The topological polar surface area (TPSA) is 128 Å². The molecule has 37 heavy (non-hydrogen) atoms. The molecule has 0 unspecified atom stereocenters. The number of esters is 2. The summed E-state index contributed by atoms with van der Waals surface area (Å²) in [5.41, 5.74) is 0.139. The SMILES string of the molecule is Cc1nnc(SC2=C(C(=O)OCOC(=O)C(C)(C)C)N3C(=O)[C@@H](NC(=O)Cc4ccccc4)[C@@H]3SC2)s1. The van der Waals surface area contributed by atoms with Crippen LogP contribution in [0, 0.1) is 12.3 Å². The van der Waals surface area contributed by atoms with Crippen molar-refractivity contribution in [3.63, 3.8) is 0 Å². The number of carbonyl (C=O) groups is 4. The number of aromatic nitrogens is 2. The summed E-state index contributed by atoms with van der Waals surface area (Å²) in [6.45, 7) is 6.30. The number of rotatable bonds is 8. The number of β-lactam (4-membered cyclic amide) rings is 1. The van der Waals surface area contributed by atoms with Crippen molar-refractivity contribution in [1.82, 2.24) is 20.4 Å². The lowest BCUT2D eigenvalue weighted by molar-refractivity contribution is -0.173.